The monoisotopic (exact) mass is 367 g/mol. The van der Waals surface area contributed by atoms with Crippen LogP contribution in [-0.2, 0) is 6.54 Å². The van der Waals surface area contributed by atoms with Crippen LogP contribution >= 0.6 is 0 Å². The second kappa shape index (κ2) is 7.73. The molecule has 3 aromatic rings. The maximum Gasteiger partial charge on any atom is 0.254 e. The Morgan fingerprint density at radius 2 is 2.07 bits per heavy atom. The van der Waals surface area contributed by atoms with Crippen LogP contribution < -0.4 is 0 Å². The molecule has 0 radical (unpaired) electrons. The predicted octanol–water partition coefficient (Wildman–Crippen LogP) is 3.79. The minimum Gasteiger partial charge on any atom is -0.340 e. The van der Waals surface area contributed by atoms with Gasteiger partial charge in [0.05, 0.1) is 12.2 Å². The van der Waals surface area contributed by atoms with E-state index in [2.05, 4.69) is 29.1 Å². The molecule has 3 rings (SSSR count). The molecule has 0 fully saturated rings. The van der Waals surface area contributed by atoms with Crippen LogP contribution in [0.15, 0.2) is 35.0 Å². The highest BCUT2D eigenvalue weighted by atomic mass is 16.5. The van der Waals surface area contributed by atoms with Gasteiger partial charge in [0.15, 0.2) is 5.82 Å². The van der Waals surface area contributed by atoms with Crippen molar-refractivity contribution in [1.82, 2.24) is 24.8 Å². The van der Waals surface area contributed by atoms with Gasteiger partial charge in [-0.15, -0.1) is 0 Å². The molecule has 2 heterocycles. The third kappa shape index (κ3) is 4.07. The van der Waals surface area contributed by atoms with Gasteiger partial charge in [0.25, 0.3) is 5.91 Å². The first-order chi connectivity index (χ1) is 12.9. The zero-order valence-corrected chi connectivity index (χ0v) is 16.4. The number of hydrogen-bond acceptors (Lipinski definition) is 5. The maximum atomic E-state index is 13.0. The van der Waals surface area contributed by atoms with E-state index in [0.29, 0.717) is 30.4 Å². The summed E-state index contributed by atoms with van der Waals surface area (Å²) < 4.78 is 6.94. The Kier molecular flexibility index (Phi) is 5.39. The summed E-state index contributed by atoms with van der Waals surface area (Å²) >= 11 is 0. The molecule has 0 atom stereocenters. The highest BCUT2D eigenvalue weighted by Crippen LogP contribution is 2.25. The summed E-state index contributed by atoms with van der Waals surface area (Å²) in [6, 6.07) is 7.95. The topological polar surface area (TPSA) is 77.0 Å². The van der Waals surface area contributed by atoms with E-state index in [9.17, 15) is 4.79 Å². The number of aromatic nitrogens is 4. The number of rotatable bonds is 6. The molecule has 2 aromatic heterocycles. The molecule has 0 aliphatic rings. The molecule has 7 heteroatoms. The van der Waals surface area contributed by atoms with Crippen LogP contribution in [0.25, 0.3) is 11.1 Å². The van der Waals surface area contributed by atoms with E-state index in [4.69, 9.17) is 4.52 Å². The first kappa shape index (κ1) is 18.8. The second-order valence-electron chi connectivity index (χ2n) is 6.83. The van der Waals surface area contributed by atoms with Crippen molar-refractivity contribution in [2.24, 2.45) is 0 Å². The summed E-state index contributed by atoms with van der Waals surface area (Å²) in [5.41, 5.74) is 3.60. The Morgan fingerprint density at radius 1 is 1.30 bits per heavy atom. The number of benzene rings is 1. The molecule has 0 aliphatic carbocycles. The highest BCUT2D eigenvalue weighted by molar-refractivity contribution is 5.95. The average Bonchev–Trinajstić information content (AvgIpc) is 3.24. The SMILES string of the molecule is CCN(Cc1noc(C)n1)C(=O)c1cccc(-c2cn(C(C)C)nc2C)c1. The van der Waals surface area contributed by atoms with Crippen LogP contribution in [0.4, 0.5) is 0 Å². The Balaban J connectivity index is 1.86. The van der Waals surface area contributed by atoms with E-state index in [1.807, 2.05) is 49.0 Å². The summed E-state index contributed by atoms with van der Waals surface area (Å²) in [7, 11) is 0. The second-order valence-corrected chi connectivity index (χ2v) is 6.83. The van der Waals surface area contributed by atoms with Crippen LogP contribution in [0.2, 0.25) is 0 Å². The van der Waals surface area contributed by atoms with Crippen LogP contribution in [0.3, 0.4) is 0 Å². The van der Waals surface area contributed by atoms with Crippen molar-refractivity contribution < 1.29 is 9.32 Å². The van der Waals surface area contributed by atoms with E-state index < -0.39 is 0 Å². The number of amides is 1. The summed E-state index contributed by atoms with van der Waals surface area (Å²) in [6.07, 6.45) is 2.03. The van der Waals surface area contributed by atoms with Gasteiger partial charge in [0.1, 0.15) is 0 Å². The molecule has 1 aromatic carbocycles. The van der Waals surface area contributed by atoms with Crippen LogP contribution in [0.1, 0.15) is 54.6 Å². The lowest BCUT2D eigenvalue weighted by molar-refractivity contribution is 0.0747. The van der Waals surface area contributed by atoms with Crippen molar-refractivity contribution in [1.29, 1.82) is 0 Å². The fourth-order valence-electron chi connectivity index (χ4n) is 2.94. The molecule has 142 valence electrons. The third-order valence-corrected chi connectivity index (χ3v) is 4.44. The van der Waals surface area contributed by atoms with Gasteiger partial charge in [0.2, 0.25) is 5.89 Å². The number of carbonyl (C=O) groups excluding carboxylic acids is 1. The molecular formula is C20H25N5O2. The average molecular weight is 367 g/mol. The van der Waals surface area contributed by atoms with Gasteiger partial charge in [-0.3, -0.25) is 9.48 Å². The van der Waals surface area contributed by atoms with E-state index in [1.165, 1.54) is 0 Å². The van der Waals surface area contributed by atoms with Crippen molar-refractivity contribution >= 4 is 5.91 Å². The first-order valence-corrected chi connectivity index (χ1v) is 9.13. The lowest BCUT2D eigenvalue weighted by Gasteiger charge is -2.19. The van der Waals surface area contributed by atoms with Crippen LogP contribution in [0, 0.1) is 13.8 Å². The molecule has 0 saturated carbocycles. The normalized spacial score (nSPS) is 11.2. The standard InChI is InChI=1S/C20H25N5O2/c1-6-24(12-19-21-15(5)27-23-19)20(26)17-9-7-8-16(10-17)18-11-25(13(2)3)22-14(18)4/h7-11,13H,6,12H2,1-5H3. The number of hydrogen-bond donors (Lipinski definition) is 0. The van der Waals surface area contributed by atoms with Crippen molar-refractivity contribution in [2.45, 2.75) is 47.2 Å². The van der Waals surface area contributed by atoms with Gasteiger partial charge >= 0.3 is 0 Å². The van der Waals surface area contributed by atoms with Crippen molar-refractivity contribution in [3.63, 3.8) is 0 Å². The Hall–Kier alpha value is -2.96. The van der Waals surface area contributed by atoms with Gasteiger partial charge < -0.3 is 9.42 Å². The Labute approximate surface area is 159 Å². The quantitative estimate of drug-likeness (QED) is 0.662. The lowest BCUT2D eigenvalue weighted by Crippen LogP contribution is -2.30. The van der Waals surface area contributed by atoms with Crippen molar-refractivity contribution in [3.05, 3.63) is 53.4 Å². The minimum absolute atomic E-state index is 0.0595. The third-order valence-electron chi connectivity index (χ3n) is 4.44. The Bertz CT molecular complexity index is 942. The van der Waals surface area contributed by atoms with Gasteiger partial charge in [0, 0.05) is 36.8 Å². The van der Waals surface area contributed by atoms with E-state index in [1.54, 1.807) is 11.8 Å². The predicted molar refractivity (Wildman–Crippen MR) is 102 cm³/mol. The summed E-state index contributed by atoms with van der Waals surface area (Å²) in [4.78, 5) is 18.9. The van der Waals surface area contributed by atoms with Gasteiger partial charge in [-0.05, 0) is 45.4 Å². The summed E-state index contributed by atoms with van der Waals surface area (Å²) in [5, 5.41) is 8.45. The zero-order chi connectivity index (χ0) is 19.6. The molecule has 0 unspecified atom stereocenters. The molecular weight excluding hydrogens is 342 g/mol. The van der Waals surface area contributed by atoms with Gasteiger partial charge in [-0.25, -0.2) is 0 Å². The fourth-order valence-corrected chi connectivity index (χ4v) is 2.94. The first-order valence-electron chi connectivity index (χ1n) is 9.13. The lowest BCUT2D eigenvalue weighted by atomic mass is 10.0. The number of nitrogens with zero attached hydrogens (tertiary/aromatic N) is 5. The minimum atomic E-state index is -0.0595. The Morgan fingerprint density at radius 3 is 2.67 bits per heavy atom. The number of carbonyl (C=O) groups is 1. The zero-order valence-electron chi connectivity index (χ0n) is 16.4. The van der Waals surface area contributed by atoms with Crippen LogP contribution in [0.5, 0.6) is 0 Å². The molecule has 0 saturated heterocycles. The summed E-state index contributed by atoms with van der Waals surface area (Å²) in [5.74, 6) is 0.941. The van der Waals surface area contributed by atoms with Crippen molar-refractivity contribution in [3.8, 4) is 11.1 Å². The van der Waals surface area contributed by atoms with Gasteiger partial charge in [-0.1, -0.05) is 17.3 Å². The van der Waals surface area contributed by atoms with E-state index >= 15 is 0 Å². The van der Waals surface area contributed by atoms with E-state index in [-0.39, 0.29) is 11.9 Å². The molecule has 0 spiro atoms. The highest BCUT2D eigenvalue weighted by Gasteiger charge is 2.18. The maximum absolute atomic E-state index is 13.0. The van der Waals surface area contributed by atoms with Gasteiger partial charge in [-0.2, -0.15) is 10.1 Å². The van der Waals surface area contributed by atoms with Crippen LogP contribution in [-0.4, -0.2) is 37.3 Å². The molecule has 27 heavy (non-hydrogen) atoms. The molecule has 1 amide bonds. The molecule has 0 N–H and O–H groups in total. The molecule has 0 aliphatic heterocycles. The molecule has 7 nitrogen and oxygen atoms in total. The largest absolute Gasteiger partial charge is 0.340 e. The smallest absolute Gasteiger partial charge is 0.254 e. The van der Waals surface area contributed by atoms with Crippen molar-refractivity contribution in [2.75, 3.05) is 6.54 Å². The van der Waals surface area contributed by atoms with E-state index in [0.717, 1.165) is 16.8 Å². The molecule has 0 bridgehead atoms. The summed E-state index contributed by atoms with van der Waals surface area (Å²) in [6.45, 7) is 10.7. The number of aryl methyl sites for hydroxylation is 2. The fraction of sp³-hybridized carbons (Fsp3) is 0.400.